The number of aromatic amines is 1. The molecule has 1 unspecified atom stereocenters. The third-order valence-corrected chi connectivity index (χ3v) is 6.80. The Hall–Kier alpha value is -5.12. The first kappa shape index (κ1) is 25.5. The van der Waals surface area contributed by atoms with E-state index in [0.29, 0.717) is 39.2 Å². The van der Waals surface area contributed by atoms with E-state index in [1.54, 1.807) is 50.4 Å². The summed E-state index contributed by atoms with van der Waals surface area (Å²) in [5, 5.41) is 20.9. The number of ether oxygens (including phenoxy) is 2. The minimum Gasteiger partial charge on any atom is -0.507 e. The Bertz CT molecular complexity index is 1700. The summed E-state index contributed by atoms with van der Waals surface area (Å²) in [7, 11) is 3.04. The number of methoxy groups -OCH3 is 2. The largest absolute Gasteiger partial charge is 0.507 e. The molecule has 4 aromatic rings. The number of ketones is 1. The monoisotopic (exact) mass is 527 g/mol. The molecule has 5 rings (SSSR count). The number of nitrogens with one attached hydrogen (secondary N) is 1. The molecule has 10 nitrogen and oxygen atoms in total. The fourth-order valence-corrected chi connectivity index (χ4v) is 4.83. The number of hydrogen-bond donors (Lipinski definition) is 3. The van der Waals surface area contributed by atoms with E-state index in [9.17, 15) is 24.6 Å². The molecule has 198 valence electrons. The van der Waals surface area contributed by atoms with Gasteiger partial charge in [-0.05, 0) is 73.0 Å². The highest BCUT2D eigenvalue weighted by Crippen LogP contribution is 2.43. The number of carbonyl (C=O) groups is 3. The first-order valence-corrected chi connectivity index (χ1v) is 12.0. The van der Waals surface area contributed by atoms with E-state index >= 15 is 0 Å². The van der Waals surface area contributed by atoms with Gasteiger partial charge >= 0.3 is 11.9 Å². The maximum absolute atomic E-state index is 13.5. The van der Waals surface area contributed by atoms with Crippen molar-refractivity contribution in [3.8, 4) is 11.5 Å². The molecule has 0 spiro atoms. The van der Waals surface area contributed by atoms with Crippen LogP contribution in [-0.4, -0.2) is 52.1 Å². The van der Waals surface area contributed by atoms with Crippen LogP contribution < -0.4 is 14.4 Å². The van der Waals surface area contributed by atoms with Gasteiger partial charge in [-0.15, -0.1) is 0 Å². The molecule has 1 saturated heterocycles. The Labute approximate surface area is 223 Å². The molecular weight excluding hydrogens is 502 g/mol. The number of Topliss-reactive ketones (excluding diaryl/α,β-unsaturated/α-hetero) is 1. The van der Waals surface area contributed by atoms with E-state index < -0.39 is 23.7 Å². The Morgan fingerprint density at radius 2 is 1.74 bits per heavy atom. The van der Waals surface area contributed by atoms with Crippen molar-refractivity contribution in [2.45, 2.75) is 19.9 Å². The molecule has 1 aliphatic heterocycles. The van der Waals surface area contributed by atoms with E-state index in [1.165, 1.54) is 30.2 Å². The lowest BCUT2D eigenvalue weighted by Crippen LogP contribution is -2.30. The highest BCUT2D eigenvalue weighted by Gasteiger charge is 2.48. The van der Waals surface area contributed by atoms with Gasteiger partial charge in [-0.1, -0.05) is 12.1 Å². The number of carbonyl (C=O) groups excluding carboxylic acids is 2. The minimum absolute atomic E-state index is 0.0316. The second kappa shape index (κ2) is 9.64. The second-order valence-electron chi connectivity index (χ2n) is 9.18. The van der Waals surface area contributed by atoms with Gasteiger partial charge in [-0.25, -0.2) is 9.78 Å². The molecule has 0 aliphatic carbocycles. The van der Waals surface area contributed by atoms with Gasteiger partial charge in [0.1, 0.15) is 17.3 Å². The number of carboxylic acids is 1. The number of hydrogen-bond acceptors (Lipinski definition) is 7. The summed E-state index contributed by atoms with van der Waals surface area (Å²) in [6.07, 6.45) is 0. The lowest BCUT2D eigenvalue weighted by Gasteiger charge is -2.23. The quantitative estimate of drug-likeness (QED) is 0.189. The van der Waals surface area contributed by atoms with Gasteiger partial charge in [0.25, 0.3) is 5.78 Å². The van der Waals surface area contributed by atoms with Crippen LogP contribution in [0.5, 0.6) is 11.5 Å². The fourth-order valence-electron chi connectivity index (χ4n) is 4.83. The molecule has 1 fully saturated rings. The average Bonchev–Trinajstić information content (AvgIpc) is 3.46. The fraction of sp³-hybridized carbons (Fsp3) is 0.172. The van der Waals surface area contributed by atoms with E-state index in [4.69, 9.17) is 9.47 Å². The van der Waals surface area contributed by atoms with Crippen LogP contribution in [0.4, 0.5) is 5.95 Å². The molecule has 2 heterocycles. The Balaban J connectivity index is 1.75. The summed E-state index contributed by atoms with van der Waals surface area (Å²) in [4.78, 5) is 47.1. The van der Waals surface area contributed by atoms with Crippen molar-refractivity contribution in [3.63, 3.8) is 0 Å². The summed E-state index contributed by atoms with van der Waals surface area (Å²) in [5.41, 5.74) is 2.97. The van der Waals surface area contributed by atoms with Crippen LogP contribution in [0.3, 0.4) is 0 Å². The third-order valence-electron chi connectivity index (χ3n) is 6.80. The van der Waals surface area contributed by atoms with E-state index in [-0.39, 0.29) is 22.8 Å². The predicted molar refractivity (Wildman–Crippen MR) is 143 cm³/mol. The molecule has 39 heavy (non-hydrogen) atoms. The Kier molecular flexibility index (Phi) is 6.31. The highest BCUT2D eigenvalue weighted by atomic mass is 16.5. The molecular formula is C29H25N3O7. The number of anilines is 1. The molecule has 3 aromatic carbocycles. The lowest BCUT2D eigenvalue weighted by molar-refractivity contribution is -0.132. The number of aromatic nitrogens is 2. The van der Waals surface area contributed by atoms with E-state index in [0.717, 1.165) is 5.56 Å². The number of aromatic carboxylic acids is 1. The van der Waals surface area contributed by atoms with Crippen LogP contribution >= 0.6 is 0 Å². The molecule has 0 saturated carbocycles. The molecule has 1 atom stereocenters. The van der Waals surface area contributed by atoms with Crippen molar-refractivity contribution >= 4 is 40.4 Å². The van der Waals surface area contributed by atoms with Gasteiger partial charge < -0.3 is 24.7 Å². The van der Waals surface area contributed by atoms with Crippen LogP contribution in [0.15, 0.2) is 60.2 Å². The maximum Gasteiger partial charge on any atom is 0.335 e. The zero-order chi connectivity index (χ0) is 28.0. The number of fused-ring (bicyclic) bond motifs is 1. The van der Waals surface area contributed by atoms with Crippen LogP contribution in [0.25, 0.3) is 16.8 Å². The van der Waals surface area contributed by atoms with E-state index in [1.807, 2.05) is 6.92 Å². The van der Waals surface area contributed by atoms with Gasteiger partial charge in [-0.3, -0.25) is 14.5 Å². The second-order valence-corrected chi connectivity index (χ2v) is 9.18. The SMILES string of the molecule is COc1cccc(C2/C(=C(\O)c3cc(C)c(OC)cc3C)C(=O)C(=O)N2c2nc3ccc(C(=O)O)cc3[nH]2)c1. The van der Waals surface area contributed by atoms with Crippen LogP contribution in [-0.2, 0) is 9.59 Å². The first-order chi connectivity index (χ1) is 18.6. The van der Waals surface area contributed by atoms with Gasteiger partial charge in [0.15, 0.2) is 0 Å². The number of amides is 1. The smallest absolute Gasteiger partial charge is 0.335 e. The summed E-state index contributed by atoms with van der Waals surface area (Å²) >= 11 is 0. The topological polar surface area (TPSA) is 142 Å². The van der Waals surface area contributed by atoms with Crippen LogP contribution in [0.1, 0.15) is 38.7 Å². The van der Waals surface area contributed by atoms with Crippen LogP contribution in [0, 0.1) is 13.8 Å². The number of aliphatic hydroxyl groups is 1. The number of benzene rings is 3. The number of aryl methyl sites for hydroxylation is 2. The molecule has 1 aromatic heterocycles. The number of nitrogens with zero attached hydrogens (tertiary/aromatic N) is 2. The molecule has 3 N–H and O–H groups in total. The standard InChI is InChI=1S/C29H25N3O7/c1-14-11-22(39-4)15(2)10-19(14)25(33)23-24(16-6-5-7-18(12-16)38-3)32(27(35)26(23)34)29-30-20-9-8-17(28(36)37)13-21(20)31-29/h5-13,24,33H,1-4H3,(H,30,31)(H,36,37)/b25-23+. The summed E-state index contributed by atoms with van der Waals surface area (Å²) in [5.74, 6) is -2.10. The minimum atomic E-state index is -1.12. The van der Waals surface area contributed by atoms with Gasteiger partial charge in [0.05, 0.1) is 42.4 Å². The van der Waals surface area contributed by atoms with Crippen molar-refractivity contribution < 1.29 is 34.1 Å². The number of H-pyrrole nitrogens is 1. The number of aliphatic hydroxyl groups excluding tert-OH is 1. The Morgan fingerprint density at radius 1 is 0.974 bits per heavy atom. The molecule has 1 aliphatic rings. The number of imidazole rings is 1. The molecule has 0 radical (unpaired) electrons. The van der Waals surface area contributed by atoms with Crippen molar-refractivity contribution in [1.29, 1.82) is 0 Å². The summed E-state index contributed by atoms with van der Waals surface area (Å²) in [6.45, 7) is 3.58. The lowest BCUT2D eigenvalue weighted by atomic mass is 9.93. The first-order valence-electron chi connectivity index (χ1n) is 12.0. The van der Waals surface area contributed by atoms with Crippen molar-refractivity contribution in [1.82, 2.24) is 9.97 Å². The molecule has 0 bridgehead atoms. The number of rotatable bonds is 6. The van der Waals surface area contributed by atoms with Crippen molar-refractivity contribution in [2.24, 2.45) is 0 Å². The third kappa shape index (κ3) is 4.25. The van der Waals surface area contributed by atoms with Gasteiger partial charge in [0.2, 0.25) is 5.95 Å². The van der Waals surface area contributed by atoms with E-state index in [2.05, 4.69) is 9.97 Å². The van der Waals surface area contributed by atoms with Crippen molar-refractivity contribution in [2.75, 3.05) is 19.1 Å². The normalized spacial score (nSPS) is 16.6. The van der Waals surface area contributed by atoms with Gasteiger partial charge in [0, 0.05) is 5.56 Å². The maximum atomic E-state index is 13.5. The molecule has 1 amide bonds. The molecule has 10 heteroatoms. The zero-order valence-corrected chi connectivity index (χ0v) is 21.6. The highest BCUT2D eigenvalue weighted by molar-refractivity contribution is 6.51. The number of carboxylic acid groups (broad SMARTS) is 1. The Morgan fingerprint density at radius 3 is 2.44 bits per heavy atom. The predicted octanol–water partition coefficient (Wildman–Crippen LogP) is 4.52. The van der Waals surface area contributed by atoms with Crippen molar-refractivity contribution in [3.05, 3.63) is 88.0 Å². The zero-order valence-electron chi connectivity index (χ0n) is 21.6. The van der Waals surface area contributed by atoms with Gasteiger partial charge in [-0.2, -0.15) is 0 Å². The average molecular weight is 528 g/mol. The summed E-state index contributed by atoms with van der Waals surface area (Å²) < 4.78 is 10.8. The van der Waals surface area contributed by atoms with Crippen LogP contribution in [0.2, 0.25) is 0 Å². The summed E-state index contributed by atoms with van der Waals surface area (Å²) in [6, 6.07) is 13.5.